The second-order valence-corrected chi connectivity index (χ2v) is 4.86. The minimum absolute atomic E-state index is 0. The van der Waals surface area contributed by atoms with Gasteiger partial charge in [0.05, 0.1) is 11.8 Å². The highest BCUT2D eigenvalue weighted by atomic mass is 35.5. The van der Waals surface area contributed by atoms with Crippen molar-refractivity contribution < 1.29 is 0 Å². The van der Waals surface area contributed by atoms with Crippen LogP contribution in [-0.2, 0) is 6.42 Å². The van der Waals surface area contributed by atoms with Gasteiger partial charge in [0.25, 0.3) is 0 Å². The molecule has 0 radical (unpaired) electrons. The molecule has 0 aromatic heterocycles. The fourth-order valence-electron chi connectivity index (χ4n) is 1.97. The number of thioether (sulfide) groups is 1. The van der Waals surface area contributed by atoms with E-state index in [1.54, 1.807) is 0 Å². The van der Waals surface area contributed by atoms with Crippen molar-refractivity contribution in [3.63, 3.8) is 0 Å². The van der Waals surface area contributed by atoms with Crippen LogP contribution in [0.25, 0.3) is 0 Å². The van der Waals surface area contributed by atoms with Crippen molar-refractivity contribution in [2.75, 3.05) is 13.1 Å². The van der Waals surface area contributed by atoms with E-state index in [4.69, 9.17) is 0 Å². The molecule has 0 saturated carbocycles. The summed E-state index contributed by atoms with van der Waals surface area (Å²) in [5.74, 6) is 1.20. The summed E-state index contributed by atoms with van der Waals surface area (Å²) in [4.78, 5) is 5.91. The van der Waals surface area contributed by atoms with Gasteiger partial charge in [-0.25, -0.2) is 0 Å². The first kappa shape index (κ1) is 10.8. The van der Waals surface area contributed by atoms with Crippen molar-refractivity contribution in [2.24, 2.45) is 4.99 Å². The summed E-state index contributed by atoms with van der Waals surface area (Å²) in [6.45, 7) is 1.96. The van der Waals surface area contributed by atoms with Gasteiger partial charge in [0.2, 0.25) is 0 Å². The van der Waals surface area contributed by atoms with E-state index in [1.165, 1.54) is 16.3 Å². The van der Waals surface area contributed by atoms with Gasteiger partial charge in [-0.3, -0.25) is 4.99 Å². The highest BCUT2D eigenvalue weighted by Gasteiger charge is 2.27. The van der Waals surface area contributed by atoms with E-state index >= 15 is 0 Å². The lowest BCUT2D eigenvalue weighted by Gasteiger charge is -2.08. The molecule has 2 heterocycles. The summed E-state index contributed by atoms with van der Waals surface area (Å²) in [5.41, 5.74) is 1.47. The highest BCUT2D eigenvalue weighted by Crippen LogP contribution is 2.37. The van der Waals surface area contributed by atoms with Gasteiger partial charge in [-0.1, -0.05) is 18.2 Å². The molecule has 2 aliphatic rings. The fraction of sp³-hybridized carbons (Fsp3) is 0.364. The average Bonchev–Trinajstić information content (AvgIpc) is 2.86. The van der Waals surface area contributed by atoms with Gasteiger partial charge < -0.3 is 5.32 Å². The lowest BCUT2D eigenvalue weighted by atomic mass is 10.1. The Morgan fingerprint density at radius 2 is 2.20 bits per heavy atom. The number of amidine groups is 1. The minimum Gasteiger partial charge on any atom is -0.371 e. The lowest BCUT2D eigenvalue weighted by molar-refractivity contribution is 0.942. The van der Waals surface area contributed by atoms with Crippen molar-refractivity contribution in [3.05, 3.63) is 29.8 Å². The molecule has 80 valence electrons. The Hall–Kier alpha value is -0.670. The third-order valence-corrected chi connectivity index (χ3v) is 3.98. The molecule has 1 atom stereocenters. The number of benzene rings is 1. The van der Waals surface area contributed by atoms with Crippen molar-refractivity contribution in [2.45, 2.75) is 16.6 Å². The van der Waals surface area contributed by atoms with Gasteiger partial charge in [0.15, 0.2) is 0 Å². The maximum absolute atomic E-state index is 4.49. The van der Waals surface area contributed by atoms with Crippen LogP contribution in [0.4, 0.5) is 0 Å². The SMILES string of the molecule is Cl.c1ccc2c(c1)CC(C1=NCCN1)S2. The molecule has 1 unspecified atom stereocenters. The highest BCUT2D eigenvalue weighted by molar-refractivity contribution is 8.01. The Kier molecular flexibility index (Phi) is 3.22. The average molecular weight is 241 g/mol. The van der Waals surface area contributed by atoms with Crippen LogP contribution in [0.1, 0.15) is 5.56 Å². The first-order chi connectivity index (χ1) is 6.93. The molecule has 4 heteroatoms. The number of halogens is 1. The van der Waals surface area contributed by atoms with Crippen LogP contribution in [0.5, 0.6) is 0 Å². The van der Waals surface area contributed by atoms with Crippen LogP contribution in [-0.4, -0.2) is 24.2 Å². The summed E-state index contributed by atoms with van der Waals surface area (Å²) in [6.07, 6.45) is 1.13. The first-order valence-corrected chi connectivity index (χ1v) is 5.84. The van der Waals surface area contributed by atoms with Gasteiger partial charge in [-0.15, -0.1) is 24.2 Å². The molecular formula is C11H13ClN2S. The molecule has 0 fully saturated rings. The molecule has 15 heavy (non-hydrogen) atoms. The molecule has 0 amide bonds. The van der Waals surface area contributed by atoms with E-state index < -0.39 is 0 Å². The van der Waals surface area contributed by atoms with Gasteiger partial charge in [0.1, 0.15) is 5.84 Å². The van der Waals surface area contributed by atoms with Crippen molar-refractivity contribution in [1.82, 2.24) is 5.32 Å². The third-order valence-electron chi connectivity index (χ3n) is 2.65. The van der Waals surface area contributed by atoms with Crippen LogP contribution in [0.3, 0.4) is 0 Å². The van der Waals surface area contributed by atoms with Gasteiger partial charge in [0, 0.05) is 11.4 Å². The second kappa shape index (κ2) is 4.45. The third kappa shape index (κ3) is 1.99. The van der Waals surface area contributed by atoms with Crippen LogP contribution in [0, 0.1) is 0 Å². The molecule has 3 rings (SSSR count). The number of nitrogens with zero attached hydrogens (tertiary/aromatic N) is 1. The molecule has 1 N–H and O–H groups in total. The summed E-state index contributed by atoms with van der Waals surface area (Å²) in [7, 11) is 0. The topological polar surface area (TPSA) is 24.4 Å². The summed E-state index contributed by atoms with van der Waals surface area (Å²) in [5, 5.41) is 3.90. The summed E-state index contributed by atoms with van der Waals surface area (Å²) < 4.78 is 0. The number of rotatable bonds is 1. The molecular weight excluding hydrogens is 228 g/mol. The molecule has 0 saturated heterocycles. The van der Waals surface area contributed by atoms with Gasteiger partial charge in [-0.2, -0.15) is 0 Å². The lowest BCUT2D eigenvalue weighted by Crippen LogP contribution is -2.28. The Morgan fingerprint density at radius 3 is 2.93 bits per heavy atom. The van der Waals surface area contributed by atoms with Crippen LogP contribution >= 0.6 is 24.2 Å². The van der Waals surface area contributed by atoms with Gasteiger partial charge in [-0.05, 0) is 18.1 Å². The zero-order valence-corrected chi connectivity index (χ0v) is 9.90. The standard InChI is InChI=1S/C11H12N2S.ClH/c1-2-4-9-8(3-1)7-10(14-9)11-12-5-6-13-11;/h1-4,10H,5-7H2,(H,12,13);1H. The maximum atomic E-state index is 4.49. The number of fused-ring (bicyclic) bond motifs is 1. The molecule has 0 aliphatic carbocycles. The molecule has 2 nitrogen and oxygen atoms in total. The number of hydrogen-bond donors (Lipinski definition) is 1. The Morgan fingerprint density at radius 1 is 1.33 bits per heavy atom. The van der Waals surface area contributed by atoms with Gasteiger partial charge >= 0.3 is 0 Å². The van der Waals surface area contributed by atoms with Crippen molar-refractivity contribution in [1.29, 1.82) is 0 Å². The minimum atomic E-state index is 0. The zero-order chi connectivity index (χ0) is 9.38. The van der Waals surface area contributed by atoms with E-state index in [9.17, 15) is 0 Å². The molecule has 2 aliphatic heterocycles. The Bertz CT molecular complexity index is 367. The Balaban J connectivity index is 0.000000853. The predicted octanol–water partition coefficient (Wildman–Crippen LogP) is 2.13. The molecule has 0 spiro atoms. The monoisotopic (exact) mass is 240 g/mol. The summed E-state index contributed by atoms with van der Waals surface area (Å²) >= 11 is 1.94. The van der Waals surface area contributed by atoms with E-state index in [0.29, 0.717) is 5.25 Å². The van der Waals surface area contributed by atoms with Crippen LogP contribution in [0.2, 0.25) is 0 Å². The van der Waals surface area contributed by atoms with Crippen molar-refractivity contribution in [3.8, 4) is 0 Å². The number of nitrogens with one attached hydrogen (secondary N) is 1. The van der Waals surface area contributed by atoms with E-state index in [0.717, 1.165) is 19.5 Å². The van der Waals surface area contributed by atoms with E-state index in [1.807, 2.05) is 11.8 Å². The Labute approximate surface area is 100.0 Å². The fourth-order valence-corrected chi connectivity index (χ4v) is 3.27. The smallest absolute Gasteiger partial charge is 0.110 e. The summed E-state index contributed by atoms with van der Waals surface area (Å²) in [6, 6.07) is 8.65. The number of aliphatic imine (C=N–C) groups is 1. The predicted molar refractivity (Wildman–Crippen MR) is 67.3 cm³/mol. The first-order valence-electron chi connectivity index (χ1n) is 4.96. The second-order valence-electron chi connectivity index (χ2n) is 3.61. The largest absolute Gasteiger partial charge is 0.371 e. The molecule has 1 aromatic rings. The maximum Gasteiger partial charge on any atom is 0.110 e. The van der Waals surface area contributed by atoms with E-state index in [2.05, 4.69) is 34.6 Å². The quantitative estimate of drug-likeness (QED) is 0.813. The number of hydrogen-bond acceptors (Lipinski definition) is 3. The zero-order valence-electron chi connectivity index (χ0n) is 8.27. The van der Waals surface area contributed by atoms with E-state index in [-0.39, 0.29) is 12.4 Å². The van der Waals surface area contributed by atoms with Crippen LogP contribution in [0.15, 0.2) is 34.2 Å². The normalized spacial score (nSPS) is 22.7. The van der Waals surface area contributed by atoms with Crippen molar-refractivity contribution >= 4 is 30.0 Å². The van der Waals surface area contributed by atoms with Crippen LogP contribution < -0.4 is 5.32 Å². The molecule has 0 bridgehead atoms. The molecule has 1 aromatic carbocycles.